The number of aromatic nitrogens is 1. The number of rotatable bonds is 1. The molecule has 120 valence electrons. The number of nitrogens with zero attached hydrogens (tertiary/aromatic N) is 3. The number of ether oxygens (including phenoxy) is 1. The van der Waals surface area contributed by atoms with Crippen molar-refractivity contribution >= 4 is 33.7 Å². The minimum Gasteiger partial charge on any atom is -0.444 e. The third-order valence-corrected chi connectivity index (χ3v) is 3.62. The molecule has 0 saturated carbocycles. The number of amides is 2. The fraction of sp³-hybridized carbons (Fsp3) is 0.533. The predicted molar refractivity (Wildman–Crippen MR) is 86.7 cm³/mol. The number of pyridine rings is 1. The van der Waals surface area contributed by atoms with Gasteiger partial charge in [-0.2, -0.15) is 0 Å². The second-order valence-electron chi connectivity index (χ2n) is 6.10. The van der Waals surface area contributed by atoms with E-state index in [4.69, 9.17) is 4.74 Å². The molecule has 0 aliphatic carbocycles. The van der Waals surface area contributed by atoms with E-state index in [0.717, 1.165) is 4.47 Å². The van der Waals surface area contributed by atoms with E-state index < -0.39 is 5.60 Å². The first-order valence-electron chi connectivity index (χ1n) is 7.16. The van der Waals surface area contributed by atoms with Crippen LogP contribution in [0.25, 0.3) is 0 Å². The van der Waals surface area contributed by atoms with Gasteiger partial charge in [-0.3, -0.25) is 9.69 Å². The van der Waals surface area contributed by atoms with Gasteiger partial charge in [0.25, 0.3) is 0 Å². The molecule has 7 heteroatoms. The van der Waals surface area contributed by atoms with Crippen molar-refractivity contribution in [3.8, 4) is 0 Å². The Bertz CT molecular complexity index is 571. The number of halogens is 1. The van der Waals surface area contributed by atoms with E-state index in [1.807, 2.05) is 20.8 Å². The number of hydrogen-bond donors (Lipinski definition) is 0. The lowest BCUT2D eigenvalue weighted by molar-refractivity contribution is -0.118. The quantitative estimate of drug-likeness (QED) is 0.763. The van der Waals surface area contributed by atoms with E-state index in [1.54, 1.807) is 28.1 Å². The summed E-state index contributed by atoms with van der Waals surface area (Å²) in [6.45, 7) is 6.66. The first-order valence-corrected chi connectivity index (χ1v) is 7.95. The Morgan fingerprint density at radius 1 is 1.32 bits per heavy atom. The molecule has 0 aromatic carbocycles. The summed E-state index contributed by atoms with van der Waals surface area (Å²) < 4.78 is 6.22. The summed E-state index contributed by atoms with van der Waals surface area (Å²) in [5, 5.41) is 0. The zero-order valence-electron chi connectivity index (χ0n) is 13.0. The molecule has 0 radical (unpaired) electrons. The standard InChI is InChI=1S/C15H20BrN3O3/c1-15(2,3)22-14(21)18-7-5-13(20)19(9-8-18)12-10-11(16)4-6-17-12/h4,6,10H,5,7-9H2,1-3H3. The van der Waals surface area contributed by atoms with Gasteiger partial charge in [-0.15, -0.1) is 0 Å². The summed E-state index contributed by atoms with van der Waals surface area (Å²) in [5.74, 6) is 0.544. The molecule has 1 aliphatic rings. The molecular weight excluding hydrogens is 350 g/mol. The van der Waals surface area contributed by atoms with Crippen molar-refractivity contribution < 1.29 is 14.3 Å². The van der Waals surface area contributed by atoms with Crippen LogP contribution < -0.4 is 4.90 Å². The predicted octanol–water partition coefficient (Wildman–Crippen LogP) is 2.82. The van der Waals surface area contributed by atoms with E-state index in [0.29, 0.717) is 25.5 Å². The van der Waals surface area contributed by atoms with Crippen molar-refractivity contribution in [1.29, 1.82) is 0 Å². The summed E-state index contributed by atoms with van der Waals surface area (Å²) in [6, 6.07) is 3.60. The summed E-state index contributed by atoms with van der Waals surface area (Å²) in [4.78, 5) is 31.8. The normalized spacial score (nSPS) is 16.5. The Balaban J connectivity index is 2.07. The van der Waals surface area contributed by atoms with Crippen LogP contribution in [-0.4, -0.2) is 47.1 Å². The number of hydrogen-bond acceptors (Lipinski definition) is 4. The third-order valence-electron chi connectivity index (χ3n) is 3.13. The van der Waals surface area contributed by atoms with Crippen LogP contribution in [0.5, 0.6) is 0 Å². The highest BCUT2D eigenvalue weighted by Crippen LogP contribution is 2.20. The highest BCUT2D eigenvalue weighted by Gasteiger charge is 2.28. The van der Waals surface area contributed by atoms with Crippen LogP contribution in [0.15, 0.2) is 22.8 Å². The number of carbonyl (C=O) groups excluding carboxylic acids is 2. The van der Waals surface area contributed by atoms with Gasteiger partial charge in [-0.1, -0.05) is 15.9 Å². The van der Waals surface area contributed by atoms with E-state index in [-0.39, 0.29) is 18.4 Å². The molecule has 1 fully saturated rings. The Morgan fingerprint density at radius 3 is 2.68 bits per heavy atom. The zero-order chi connectivity index (χ0) is 16.3. The van der Waals surface area contributed by atoms with E-state index >= 15 is 0 Å². The Kier molecular flexibility index (Phi) is 5.05. The topological polar surface area (TPSA) is 62.7 Å². The Labute approximate surface area is 138 Å². The molecule has 22 heavy (non-hydrogen) atoms. The Hall–Kier alpha value is -1.63. The second kappa shape index (κ2) is 6.64. The van der Waals surface area contributed by atoms with Crippen LogP contribution in [0.3, 0.4) is 0 Å². The van der Waals surface area contributed by atoms with Gasteiger partial charge < -0.3 is 9.64 Å². The van der Waals surface area contributed by atoms with Crippen molar-refractivity contribution in [1.82, 2.24) is 9.88 Å². The SMILES string of the molecule is CC(C)(C)OC(=O)N1CCC(=O)N(c2cc(Br)ccn2)CC1. The van der Waals surface area contributed by atoms with Gasteiger partial charge >= 0.3 is 6.09 Å². The molecule has 0 unspecified atom stereocenters. The molecule has 0 atom stereocenters. The van der Waals surface area contributed by atoms with Crippen molar-refractivity contribution in [2.75, 3.05) is 24.5 Å². The van der Waals surface area contributed by atoms with Crippen molar-refractivity contribution in [2.24, 2.45) is 0 Å². The first-order chi connectivity index (χ1) is 10.3. The monoisotopic (exact) mass is 369 g/mol. The van der Waals surface area contributed by atoms with E-state index in [1.165, 1.54) is 0 Å². The average Bonchev–Trinajstić information content (AvgIpc) is 2.59. The fourth-order valence-electron chi connectivity index (χ4n) is 2.12. The fourth-order valence-corrected chi connectivity index (χ4v) is 2.44. The molecule has 0 spiro atoms. The van der Waals surface area contributed by atoms with Crippen LogP contribution in [0, 0.1) is 0 Å². The van der Waals surface area contributed by atoms with Crippen LogP contribution in [0.1, 0.15) is 27.2 Å². The van der Waals surface area contributed by atoms with Crippen LogP contribution in [-0.2, 0) is 9.53 Å². The Morgan fingerprint density at radius 2 is 2.05 bits per heavy atom. The molecule has 2 amide bonds. The lowest BCUT2D eigenvalue weighted by Crippen LogP contribution is -2.39. The van der Waals surface area contributed by atoms with Crippen molar-refractivity contribution in [3.63, 3.8) is 0 Å². The highest BCUT2D eigenvalue weighted by molar-refractivity contribution is 9.10. The molecule has 1 aromatic rings. The third kappa shape index (κ3) is 4.43. The van der Waals surface area contributed by atoms with Gasteiger partial charge in [0.2, 0.25) is 5.91 Å². The van der Waals surface area contributed by atoms with Gasteiger partial charge in [0, 0.05) is 36.7 Å². The highest BCUT2D eigenvalue weighted by atomic mass is 79.9. The molecule has 1 aliphatic heterocycles. The molecule has 0 N–H and O–H groups in total. The minimum absolute atomic E-state index is 0.0448. The molecule has 6 nitrogen and oxygen atoms in total. The molecule has 0 bridgehead atoms. The zero-order valence-corrected chi connectivity index (χ0v) is 14.6. The van der Waals surface area contributed by atoms with E-state index in [2.05, 4.69) is 20.9 Å². The van der Waals surface area contributed by atoms with Gasteiger partial charge in [0.15, 0.2) is 0 Å². The maximum Gasteiger partial charge on any atom is 0.410 e. The van der Waals surface area contributed by atoms with Crippen LogP contribution >= 0.6 is 15.9 Å². The molecule has 1 aromatic heterocycles. The lowest BCUT2D eigenvalue weighted by atomic mass is 10.2. The first kappa shape index (κ1) is 16.7. The summed E-state index contributed by atoms with van der Waals surface area (Å²) in [7, 11) is 0. The van der Waals surface area contributed by atoms with Gasteiger partial charge in [-0.05, 0) is 32.9 Å². The average molecular weight is 370 g/mol. The van der Waals surface area contributed by atoms with Crippen LogP contribution in [0.4, 0.5) is 10.6 Å². The largest absolute Gasteiger partial charge is 0.444 e. The van der Waals surface area contributed by atoms with Crippen LogP contribution in [0.2, 0.25) is 0 Å². The smallest absolute Gasteiger partial charge is 0.410 e. The minimum atomic E-state index is -0.543. The maximum atomic E-state index is 12.3. The summed E-state index contributed by atoms with van der Waals surface area (Å²) >= 11 is 3.37. The molecule has 2 rings (SSSR count). The summed E-state index contributed by atoms with van der Waals surface area (Å²) in [6.07, 6.45) is 1.51. The second-order valence-corrected chi connectivity index (χ2v) is 7.01. The lowest BCUT2D eigenvalue weighted by Gasteiger charge is -2.26. The van der Waals surface area contributed by atoms with E-state index in [9.17, 15) is 9.59 Å². The van der Waals surface area contributed by atoms with Crippen molar-refractivity contribution in [2.45, 2.75) is 32.8 Å². The number of carbonyl (C=O) groups is 2. The molecular formula is C15H20BrN3O3. The summed E-state index contributed by atoms with van der Waals surface area (Å²) in [5.41, 5.74) is -0.543. The molecule has 2 heterocycles. The van der Waals surface area contributed by atoms with Gasteiger partial charge in [-0.25, -0.2) is 9.78 Å². The van der Waals surface area contributed by atoms with Crippen molar-refractivity contribution in [3.05, 3.63) is 22.8 Å². The number of anilines is 1. The van der Waals surface area contributed by atoms with Gasteiger partial charge in [0.05, 0.1) is 0 Å². The van der Waals surface area contributed by atoms with Gasteiger partial charge in [0.1, 0.15) is 11.4 Å². The maximum absolute atomic E-state index is 12.3. The molecule has 1 saturated heterocycles.